The van der Waals surface area contributed by atoms with Crippen LogP contribution in [0.3, 0.4) is 0 Å². The number of ketones is 1. The number of aryl methyl sites for hydroxylation is 2. The van der Waals surface area contributed by atoms with Gasteiger partial charge in [0.05, 0.1) is 6.57 Å². The maximum Gasteiger partial charge on any atom is 0.332 e. The average Bonchev–Trinajstić information content (AvgIpc) is 2.99. The van der Waals surface area contributed by atoms with Gasteiger partial charge in [0.2, 0.25) is 5.78 Å². The molecule has 0 amide bonds. The Bertz CT molecular complexity index is 1130. The third-order valence-corrected chi connectivity index (χ3v) is 4.23. The molecule has 0 saturated carbocycles. The first kappa shape index (κ1) is 18.1. The van der Waals surface area contributed by atoms with Crippen LogP contribution in [0.4, 0.5) is 5.69 Å². The molecule has 0 unspecified atom stereocenters. The maximum absolute atomic E-state index is 13.3. The lowest BCUT2D eigenvalue weighted by atomic mass is 9.97. The van der Waals surface area contributed by atoms with Gasteiger partial charge in [0, 0.05) is 42.2 Å². The molecule has 0 saturated heterocycles. The number of rotatable bonds is 4. The van der Waals surface area contributed by atoms with Gasteiger partial charge in [-0.3, -0.25) is 4.79 Å². The average molecular weight is 359 g/mol. The monoisotopic (exact) mass is 359 g/mol. The van der Waals surface area contributed by atoms with E-state index in [-0.39, 0.29) is 11.5 Å². The van der Waals surface area contributed by atoms with E-state index in [1.54, 1.807) is 36.5 Å². The minimum atomic E-state index is -0.609. The first-order valence-electron chi connectivity index (χ1n) is 8.25. The van der Waals surface area contributed by atoms with E-state index in [1.807, 2.05) is 30.7 Å². The van der Waals surface area contributed by atoms with Gasteiger partial charge in [0.1, 0.15) is 0 Å². The SMILES string of the molecule is [C-]#[N+]c1ccc2c(c1)c(C(=O)/C(=N/OC(C)=O)c1ccccc1C)cn2C. The molecule has 6 heteroatoms. The standard InChI is InChI=1S/C21H17N3O3/c1-13-7-5-6-8-16(13)20(23-27-14(2)25)21(26)18-12-24(4)19-10-9-15(22-3)11-17(18)19/h5-12H,1-2,4H3/b23-20+. The molecular weight excluding hydrogens is 342 g/mol. The number of hydrogen-bond acceptors (Lipinski definition) is 4. The van der Waals surface area contributed by atoms with Crippen molar-refractivity contribution in [1.29, 1.82) is 0 Å². The van der Waals surface area contributed by atoms with Crippen molar-refractivity contribution in [3.8, 4) is 0 Å². The van der Waals surface area contributed by atoms with Gasteiger partial charge < -0.3 is 9.40 Å². The minimum Gasteiger partial charge on any atom is -0.350 e. The molecule has 27 heavy (non-hydrogen) atoms. The van der Waals surface area contributed by atoms with Crippen molar-refractivity contribution in [3.05, 3.63) is 76.8 Å². The summed E-state index contributed by atoms with van der Waals surface area (Å²) in [7, 11) is 1.83. The number of benzene rings is 2. The first-order chi connectivity index (χ1) is 12.9. The van der Waals surface area contributed by atoms with E-state index in [0.717, 1.165) is 11.1 Å². The number of aromatic nitrogens is 1. The smallest absolute Gasteiger partial charge is 0.332 e. The number of Topliss-reactive ketones (excluding diaryl/α,β-unsaturated/α-hetero) is 1. The molecule has 1 aromatic heterocycles. The fourth-order valence-electron chi connectivity index (χ4n) is 2.92. The molecule has 0 aliphatic carbocycles. The van der Waals surface area contributed by atoms with E-state index in [0.29, 0.717) is 22.2 Å². The van der Waals surface area contributed by atoms with Gasteiger partial charge in [-0.1, -0.05) is 35.5 Å². The molecule has 0 spiro atoms. The lowest BCUT2D eigenvalue weighted by Crippen LogP contribution is -2.18. The molecule has 0 fully saturated rings. The summed E-state index contributed by atoms with van der Waals surface area (Å²) in [6, 6.07) is 12.4. The molecule has 3 aromatic rings. The molecule has 0 N–H and O–H groups in total. The molecule has 1 heterocycles. The third kappa shape index (κ3) is 3.48. The van der Waals surface area contributed by atoms with Crippen LogP contribution in [0.5, 0.6) is 0 Å². The second-order valence-electron chi connectivity index (χ2n) is 6.13. The van der Waals surface area contributed by atoms with Gasteiger partial charge in [-0.05, 0) is 24.6 Å². The first-order valence-corrected chi connectivity index (χ1v) is 8.25. The van der Waals surface area contributed by atoms with Crippen molar-refractivity contribution in [2.24, 2.45) is 12.2 Å². The van der Waals surface area contributed by atoms with Crippen molar-refractivity contribution in [1.82, 2.24) is 4.57 Å². The highest BCUT2D eigenvalue weighted by Crippen LogP contribution is 2.27. The Morgan fingerprint density at radius 1 is 1.15 bits per heavy atom. The fourth-order valence-corrected chi connectivity index (χ4v) is 2.92. The van der Waals surface area contributed by atoms with Crippen LogP contribution in [0.25, 0.3) is 15.7 Å². The van der Waals surface area contributed by atoms with Gasteiger partial charge in [-0.25, -0.2) is 9.64 Å². The lowest BCUT2D eigenvalue weighted by molar-refractivity contribution is -0.140. The van der Waals surface area contributed by atoms with Crippen molar-refractivity contribution < 1.29 is 14.4 Å². The number of oxime groups is 1. The zero-order valence-electron chi connectivity index (χ0n) is 15.2. The topological polar surface area (TPSA) is 65.0 Å². The summed E-state index contributed by atoms with van der Waals surface area (Å²) >= 11 is 0. The number of hydrogen-bond donors (Lipinski definition) is 0. The van der Waals surface area contributed by atoms with Crippen LogP contribution in [0.1, 0.15) is 28.4 Å². The van der Waals surface area contributed by atoms with Crippen LogP contribution in [0.2, 0.25) is 0 Å². The van der Waals surface area contributed by atoms with Crippen molar-refractivity contribution in [2.45, 2.75) is 13.8 Å². The van der Waals surface area contributed by atoms with Gasteiger partial charge in [0.15, 0.2) is 11.4 Å². The highest BCUT2D eigenvalue weighted by molar-refractivity contribution is 6.53. The van der Waals surface area contributed by atoms with Crippen LogP contribution in [-0.4, -0.2) is 22.0 Å². The Hall–Kier alpha value is -3.72. The second kappa shape index (κ2) is 7.26. The molecule has 0 aliphatic heterocycles. The minimum absolute atomic E-state index is 0.0454. The Kier molecular flexibility index (Phi) is 4.86. The Labute approximate surface area is 156 Å². The quantitative estimate of drug-likeness (QED) is 0.231. The Morgan fingerprint density at radius 2 is 1.89 bits per heavy atom. The predicted octanol–water partition coefficient (Wildman–Crippen LogP) is 4.19. The normalized spacial score (nSPS) is 11.3. The molecule has 0 atom stereocenters. The predicted molar refractivity (Wildman–Crippen MR) is 103 cm³/mol. The van der Waals surface area contributed by atoms with Crippen LogP contribution in [0, 0.1) is 13.5 Å². The molecule has 134 valence electrons. The summed E-state index contributed by atoms with van der Waals surface area (Å²) in [6.07, 6.45) is 1.70. The largest absolute Gasteiger partial charge is 0.350 e. The summed E-state index contributed by atoms with van der Waals surface area (Å²) in [5, 5.41) is 4.49. The summed E-state index contributed by atoms with van der Waals surface area (Å²) in [4.78, 5) is 32.8. The van der Waals surface area contributed by atoms with Gasteiger partial charge in [0.25, 0.3) is 0 Å². The number of fused-ring (bicyclic) bond motifs is 1. The van der Waals surface area contributed by atoms with Crippen molar-refractivity contribution in [2.75, 3.05) is 0 Å². The van der Waals surface area contributed by atoms with E-state index >= 15 is 0 Å². The van der Waals surface area contributed by atoms with Crippen LogP contribution in [0.15, 0.2) is 53.8 Å². The molecule has 0 radical (unpaired) electrons. The molecule has 0 aliphatic rings. The van der Waals surface area contributed by atoms with Gasteiger partial charge in [-0.15, -0.1) is 0 Å². The van der Waals surface area contributed by atoms with E-state index in [9.17, 15) is 9.59 Å². The maximum atomic E-state index is 13.3. The zero-order chi connectivity index (χ0) is 19.6. The molecule has 6 nitrogen and oxygen atoms in total. The molecular formula is C21H17N3O3. The Balaban J connectivity index is 2.20. The summed E-state index contributed by atoms with van der Waals surface area (Å²) < 4.78 is 1.82. The fraction of sp³-hybridized carbons (Fsp3) is 0.143. The van der Waals surface area contributed by atoms with E-state index < -0.39 is 5.97 Å². The zero-order valence-corrected chi connectivity index (χ0v) is 15.2. The summed E-state index contributed by atoms with van der Waals surface area (Å²) in [6.45, 7) is 10.3. The lowest BCUT2D eigenvalue weighted by Gasteiger charge is -2.08. The van der Waals surface area contributed by atoms with Crippen LogP contribution < -0.4 is 0 Å². The van der Waals surface area contributed by atoms with E-state index in [4.69, 9.17) is 11.4 Å². The highest BCUT2D eigenvalue weighted by Gasteiger charge is 2.23. The van der Waals surface area contributed by atoms with Crippen LogP contribution in [-0.2, 0) is 16.7 Å². The summed E-state index contributed by atoms with van der Waals surface area (Å²) in [5.41, 5.74) is 3.12. The molecule has 2 aromatic carbocycles. The van der Waals surface area contributed by atoms with Crippen LogP contribution >= 0.6 is 0 Å². The van der Waals surface area contributed by atoms with Crippen molar-refractivity contribution >= 4 is 34.1 Å². The highest BCUT2D eigenvalue weighted by atomic mass is 16.7. The summed E-state index contributed by atoms with van der Waals surface area (Å²) in [5.74, 6) is -0.986. The number of carbonyl (C=O) groups is 2. The number of carbonyl (C=O) groups excluding carboxylic acids is 2. The van der Waals surface area contributed by atoms with Gasteiger partial charge in [-0.2, -0.15) is 0 Å². The van der Waals surface area contributed by atoms with Crippen molar-refractivity contribution in [3.63, 3.8) is 0 Å². The Morgan fingerprint density at radius 3 is 2.56 bits per heavy atom. The molecule has 0 bridgehead atoms. The van der Waals surface area contributed by atoms with Gasteiger partial charge >= 0.3 is 5.97 Å². The number of nitrogens with zero attached hydrogens (tertiary/aromatic N) is 3. The van der Waals surface area contributed by atoms with E-state index in [2.05, 4.69) is 10.0 Å². The van der Waals surface area contributed by atoms with E-state index in [1.165, 1.54) is 6.92 Å². The molecule has 3 rings (SSSR count). The second-order valence-corrected chi connectivity index (χ2v) is 6.13. The third-order valence-electron chi connectivity index (χ3n) is 4.23.